The van der Waals surface area contributed by atoms with Gasteiger partial charge in [0.15, 0.2) is 0 Å². The number of amides is 1. The van der Waals surface area contributed by atoms with E-state index in [0.29, 0.717) is 12.5 Å². The zero-order chi connectivity index (χ0) is 15.8. The Morgan fingerprint density at radius 3 is 2.52 bits per heavy atom. The Morgan fingerprint density at radius 1 is 1.33 bits per heavy atom. The number of hydrogen-bond donors (Lipinski definition) is 2. The highest BCUT2D eigenvalue weighted by Gasteiger charge is 2.66. The van der Waals surface area contributed by atoms with Crippen LogP contribution < -0.4 is 5.32 Å². The molecule has 2 unspecified atom stereocenters. The molecule has 0 aromatic carbocycles. The van der Waals surface area contributed by atoms with Gasteiger partial charge in [-0.2, -0.15) is 0 Å². The molecule has 2 rings (SSSR count). The summed E-state index contributed by atoms with van der Waals surface area (Å²) >= 11 is 0. The fourth-order valence-corrected chi connectivity index (χ4v) is 3.58. The summed E-state index contributed by atoms with van der Waals surface area (Å²) in [6, 6.07) is 0.112. The van der Waals surface area contributed by atoms with Gasteiger partial charge in [-0.15, -0.1) is 0 Å². The molecule has 120 valence electrons. The maximum absolute atomic E-state index is 12.3. The van der Waals surface area contributed by atoms with Gasteiger partial charge in [0.25, 0.3) is 0 Å². The topological polar surface area (TPSA) is 75.6 Å². The van der Waals surface area contributed by atoms with Crippen molar-refractivity contribution in [2.45, 2.75) is 59.1 Å². The number of carboxylic acids is 1. The van der Waals surface area contributed by atoms with E-state index in [2.05, 4.69) is 19.2 Å². The first-order valence-electron chi connectivity index (χ1n) is 7.88. The van der Waals surface area contributed by atoms with Crippen LogP contribution in [0.2, 0.25) is 0 Å². The van der Waals surface area contributed by atoms with Crippen molar-refractivity contribution in [2.75, 3.05) is 6.61 Å². The van der Waals surface area contributed by atoms with Crippen LogP contribution in [-0.4, -0.2) is 35.7 Å². The molecule has 2 N–H and O–H groups in total. The van der Waals surface area contributed by atoms with Gasteiger partial charge in [0.05, 0.1) is 17.9 Å². The van der Waals surface area contributed by atoms with Gasteiger partial charge >= 0.3 is 5.97 Å². The molecule has 1 heterocycles. The molecule has 1 saturated heterocycles. The molecule has 2 fully saturated rings. The smallest absolute Gasteiger partial charge is 0.307 e. The summed E-state index contributed by atoms with van der Waals surface area (Å²) in [4.78, 5) is 23.5. The fraction of sp³-hybridized carbons (Fsp3) is 0.875. The van der Waals surface area contributed by atoms with Gasteiger partial charge in [-0.1, -0.05) is 27.7 Å². The number of carbonyl (C=O) groups excluding carboxylic acids is 1. The van der Waals surface area contributed by atoms with Crippen LogP contribution in [0.3, 0.4) is 0 Å². The SMILES string of the molecule is CC(C)CC1CC(NC(=O)[C@@H]2[C@H](C(=O)O)C2(C)C)CCO1. The number of nitrogens with one attached hydrogen (secondary N) is 1. The van der Waals surface area contributed by atoms with Gasteiger partial charge in [-0.05, 0) is 30.6 Å². The Labute approximate surface area is 126 Å². The average Bonchev–Trinajstić information content (AvgIpc) is 2.92. The average molecular weight is 297 g/mol. The second-order valence-electron chi connectivity index (χ2n) is 7.47. The van der Waals surface area contributed by atoms with Crippen LogP contribution in [0.4, 0.5) is 0 Å². The van der Waals surface area contributed by atoms with Crippen molar-refractivity contribution in [1.82, 2.24) is 5.32 Å². The van der Waals surface area contributed by atoms with Crippen molar-refractivity contribution in [1.29, 1.82) is 0 Å². The number of ether oxygens (including phenoxy) is 1. The van der Waals surface area contributed by atoms with Crippen molar-refractivity contribution < 1.29 is 19.4 Å². The van der Waals surface area contributed by atoms with E-state index in [1.54, 1.807) is 0 Å². The molecule has 21 heavy (non-hydrogen) atoms. The standard InChI is InChI=1S/C16H27NO4/c1-9(2)7-11-8-10(5-6-21-11)17-14(18)12-13(15(19)20)16(12,3)4/h9-13H,5-8H2,1-4H3,(H,17,18)(H,19,20)/t10?,11?,12-,13+/m0/s1. The van der Waals surface area contributed by atoms with Crippen molar-refractivity contribution in [3.63, 3.8) is 0 Å². The Hall–Kier alpha value is -1.10. The Morgan fingerprint density at radius 2 is 2.00 bits per heavy atom. The normalized spacial score (nSPS) is 34.5. The van der Waals surface area contributed by atoms with Crippen molar-refractivity contribution >= 4 is 11.9 Å². The predicted molar refractivity (Wildman–Crippen MR) is 78.8 cm³/mol. The maximum Gasteiger partial charge on any atom is 0.307 e. The minimum atomic E-state index is -0.871. The minimum Gasteiger partial charge on any atom is -0.481 e. The molecule has 5 heteroatoms. The number of hydrogen-bond acceptors (Lipinski definition) is 3. The van der Waals surface area contributed by atoms with Gasteiger partial charge in [0.2, 0.25) is 5.91 Å². The molecule has 0 aromatic rings. The van der Waals surface area contributed by atoms with E-state index in [4.69, 9.17) is 9.84 Å². The van der Waals surface area contributed by atoms with Crippen LogP contribution in [0.25, 0.3) is 0 Å². The molecule has 1 aliphatic heterocycles. The van der Waals surface area contributed by atoms with Gasteiger partial charge < -0.3 is 15.2 Å². The van der Waals surface area contributed by atoms with Crippen LogP contribution in [-0.2, 0) is 14.3 Å². The molecule has 1 saturated carbocycles. The second-order valence-corrected chi connectivity index (χ2v) is 7.47. The highest BCUT2D eigenvalue weighted by atomic mass is 16.5. The maximum atomic E-state index is 12.3. The lowest BCUT2D eigenvalue weighted by atomic mass is 9.96. The predicted octanol–water partition coefficient (Wildman–Crippen LogP) is 2.05. The van der Waals surface area contributed by atoms with E-state index in [1.807, 2.05) is 13.8 Å². The van der Waals surface area contributed by atoms with Gasteiger partial charge in [-0.25, -0.2) is 0 Å². The first-order chi connectivity index (χ1) is 9.73. The number of aliphatic carboxylic acids is 1. The highest BCUT2D eigenvalue weighted by Crippen LogP contribution is 2.58. The minimum absolute atomic E-state index is 0.109. The molecule has 5 nitrogen and oxygen atoms in total. The summed E-state index contributed by atoms with van der Waals surface area (Å²) in [5.74, 6) is -1.36. The van der Waals surface area contributed by atoms with E-state index >= 15 is 0 Å². The van der Waals surface area contributed by atoms with Crippen molar-refractivity contribution in [2.24, 2.45) is 23.2 Å². The van der Waals surface area contributed by atoms with Crippen LogP contribution in [0.15, 0.2) is 0 Å². The zero-order valence-electron chi connectivity index (χ0n) is 13.4. The van der Waals surface area contributed by atoms with Crippen LogP contribution in [0, 0.1) is 23.2 Å². The molecule has 0 bridgehead atoms. The number of rotatable bonds is 5. The number of carboxylic acid groups (broad SMARTS) is 1. The monoisotopic (exact) mass is 297 g/mol. The number of carbonyl (C=O) groups is 2. The fourth-order valence-electron chi connectivity index (χ4n) is 3.58. The summed E-state index contributed by atoms with van der Waals surface area (Å²) in [5, 5.41) is 12.2. The summed E-state index contributed by atoms with van der Waals surface area (Å²) in [6.45, 7) is 8.69. The molecule has 1 aliphatic carbocycles. The Kier molecular flexibility index (Phi) is 4.61. The van der Waals surface area contributed by atoms with Crippen molar-refractivity contribution in [3.8, 4) is 0 Å². The quantitative estimate of drug-likeness (QED) is 0.814. The summed E-state index contributed by atoms with van der Waals surface area (Å²) in [7, 11) is 0. The molecule has 1 amide bonds. The zero-order valence-corrected chi connectivity index (χ0v) is 13.4. The van der Waals surface area contributed by atoms with Gasteiger partial charge in [0.1, 0.15) is 0 Å². The Bertz CT molecular complexity index is 419. The molecular formula is C16H27NO4. The highest BCUT2D eigenvalue weighted by molar-refractivity contribution is 5.91. The van der Waals surface area contributed by atoms with Crippen LogP contribution >= 0.6 is 0 Å². The first-order valence-corrected chi connectivity index (χ1v) is 7.88. The lowest BCUT2D eigenvalue weighted by Crippen LogP contribution is -2.43. The molecular weight excluding hydrogens is 270 g/mol. The lowest BCUT2D eigenvalue weighted by molar-refractivity contribution is -0.140. The molecule has 2 aliphatic rings. The van der Waals surface area contributed by atoms with E-state index in [1.165, 1.54) is 0 Å². The Balaban J connectivity index is 1.87. The van der Waals surface area contributed by atoms with E-state index in [-0.39, 0.29) is 18.1 Å². The summed E-state index contributed by atoms with van der Waals surface area (Å²) < 4.78 is 5.73. The van der Waals surface area contributed by atoms with Crippen LogP contribution in [0.5, 0.6) is 0 Å². The van der Waals surface area contributed by atoms with E-state index in [0.717, 1.165) is 19.3 Å². The van der Waals surface area contributed by atoms with E-state index < -0.39 is 23.2 Å². The molecule has 0 radical (unpaired) electrons. The third kappa shape index (κ3) is 3.57. The molecule has 4 atom stereocenters. The van der Waals surface area contributed by atoms with Crippen LogP contribution in [0.1, 0.15) is 47.0 Å². The third-order valence-electron chi connectivity index (χ3n) is 4.82. The molecule has 0 aromatic heterocycles. The van der Waals surface area contributed by atoms with Gasteiger partial charge in [0, 0.05) is 12.6 Å². The van der Waals surface area contributed by atoms with Gasteiger partial charge in [-0.3, -0.25) is 9.59 Å². The summed E-state index contributed by atoms with van der Waals surface area (Å²) in [5.41, 5.74) is -0.432. The second kappa shape index (κ2) is 5.95. The summed E-state index contributed by atoms with van der Waals surface area (Å²) in [6.07, 6.45) is 2.84. The lowest BCUT2D eigenvalue weighted by Gasteiger charge is -2.31. The van der Waals surface area contributed by atoms with Crippen molar-refractivity contribution in [3.05, 3.63) is 0 Å². The third-order valence-corrected chi connectivity index (χ3v) is 4.82. The van der Waals surface area contributed by atoms with E-state index in [9.17, 15) is 9.59 Å². The molecule has 0 spiro atoms. The largest absolute Gasteiger partial charge is 0.481 e. The first kappa shape index (κ1) is 16.3.